The number of carbonyl (C=O) groups is 1. The van der Waals surface area contributed by atoms with Gasteiger partial charge in [0.05, 0.1) is 12.5 Å². The van der Waals surface area contributed by atoms with Crippen molar-refractivity contribution in [2.45, 2.75) is 30.8 Å². The third kappa shape index (κ3) is 8.77. The zero-order valence-corrected chi connectivity index (χ0v) is 20.3. The number of rotatable bonds is 11. The molecule has 0 amide bonds. The van der Waals surface area contributed by atoms with E-state index in [1.54, 1.807) is 18.0 Å². The van der Waals surface area contributed by atoms with Gasteiger partial charge in [0.15, 0.2) is 0 Å². The van der Waals surface area contributed by atoms with Gasteiger partial charge in [0, 0.05) is 30.1 Å². The predicted molar refractivity (Wildman–Crippen MR) is 142 cm³/mol. The summed E-state index contributed by atoms with van der Waals surface area (Å²) in [7, 11) is 0. The van der Waals surface area contributed by atoms with Gasteiger partial charge in [-0.05, 0) is 52.4 Å². The molecular formula is C29H31NO4S. The Balaban J connectivity index is 0.00000216. The highest BCUT2D eigenvalue weighted by atomic mass is 32.2. The molecule has 5 nitrogen and oxygen atoms in total. The summed E-state index contributed by atoms with van der Waals surface area (Å²) in [5.74, 6) is 0.826. The first-order chi connectivity index (χ1) is 16.3. The molecule has 3 aromatic carbocycles. The average molecular weight is 490 g/mol. The number of thioether (sulfide) groups is 1. The number of pyridine rings is 1. The maximum atomic E-state index is 12.3. The number of hydrogen-bond acceptors (Lipinski definition) is 4. The van der Waals surface area contributed by atoms with Crippen LogP contribution in [-0.2, 0) is 29.0 Å². The summed E-state index contributed by atoms with van der Waals surface area (Å²) in [6, 6.07) is 30.9. The fraction of sp³-hybridized carbons (Fsp3) is 0.172. The zero-order chi connectivity index (χ0) is 22.7. The number of Topliss-reactive ketones (excluding diaryl/α,β-unsaturated/α-hetero) is 1. The molecule has 4 N–H and O–H groups in total. The summed E-state index contributed by atoms with van der Waals surface area (Å²) < 4.78 is 5.96. The molecule has 0 saturated carbocycles. The Bertz CT molecular complexity index is 1150. The first-order valence-corrected chi connectivity index (χ1v) is 12.1. The van der Waals surface area contributed by atoms with Crippen molar-refractivity contribution in [2.24, 2.45) is 0 Å². The molecule has 35 heavy (non-hydrogen) atoms. The number of nitrogens with zero attached hydrogens (tertiary/aromatic N) is 1. The minimum atomic E-state index is 0. The molecule has 0 bridgehead atoms. The Hall–Kier alpha value is -3.29. The van der Waals surface area contributed by atoms with E-state index in [0.717, 1.165) is 22.4 Å². The molecule has 0 spiro atoms. The molecular weight excluding hydrogens is 458 g/mol. The second kappa shape index (κ2) is 14.9. The Morgan fingerprint density at radius 3 is 2.29 bits per heavy atom. The lowest BCUT2D eigenvalue weighted by molar-refractivity contribution is -0.118. The molecule has 1 aromatic heterocycles. The van der Waals surface area contributed by atoms with Gasteiger partial charge in [0.2, 0.25) is 0 Å². The maximum absolute atomic E-state index is 12.3. The second-order valence-corrected chi connectivity index (χ2v) is 8.85. The van der Waals surface area contributed by atoms with Crippen LogP contribution in [0.25, 0.3) is 11.1 Å². The van der Waals surface area contributed by atoms with Gasteiger partial charge >= 0.3 is 0 Å². The Kier molecular flexibility index (Phi) is 11.9. The molecule has 0 atom stereocenters. The van der Waals surface area contributed by atoms with Crippen molar-refractivity contribution in [1.82, 2.24) is 4.98 Å². The summed E-state index contributed by atoms with van der Waals surface area (Å²) in [6.07, 6.45) is 5.32. The third-order valence-electron chi connectivity index (χ3n) is 5.41. The quantitative estimate of drug-likeness (QED) is 0.166. The van der Waals surface area contributed by atoms with Crippen molar-refractivity contribution >= 4 is 17.5 Å². The largest absolute Gasteiger partial charge is 0.412 e. The highest BCUT2D eigenvalue weighted by molar-refractivity contribution is 7.99. The summed E-state index contributed by atoms with van der Waals surface area (Å²) in [6.45, 7) is 0.571. The fourth-order valence-electron chi connectivity index (χ4n) is 3.66. The molecule has 0 fully saturated rings. The van der Waals surface area contributed by atoms with Crippen LogP contribution in [0.15, 0.2) is 108 Å². The first kappa shape index (κ1) is 28.0. The zero-order valence-electron chi connectivity index (χ0n) is 19.5. The van der Waals surface area contributed by atoms with E-state index in [4.69, 9.17) is 4.74 Å². The second-order valence-electron chi connectivity index (χ2n) is 7.85. The molecule has 6 heteroatoms. The lowest BCUT2D eigenvalue weighted by atomic mass is 10.0. The molecule has 1 heterocycles. The van der Waals surface area contributed by atoms with Gasteiger partial charge in [0.1, 0.15) is 5.78 Å². The van der Waals surface area contributed by atoms with Crippen LogP contribution < -0.4 is 0 Å². The third-order valence-corrected chi connectivity index (χ3v) is 6.30. The summed E-state index contributed by atoms with van der Waals surface area (Å²) in [5.41, 5.74) is 5.75. The number of ketones is 1. The Labute approximate surface area is 210 Å². The van der Waals surface area contributed by atoms with Gasteiger partial charge in [0.25, 0.3) is 0 Å². The smallest absolute Gasteiger partial charge is 0.137 e. The maximum Gasteiger partial charge on any atom is 0.137 e. The molecule has 0 aliphatic carbocycles. The minimum Gasteiger partial charge on any atom is -0.412 e. The van der Waals surface area contributed by atoms with Gasteiger partial charge in [-0.15, -0.1) is 0 Å². The van der Waals surface area contributed by atoms with Crippen LogP contribution >= 0.6 is 11.8 Å². The van der Waals surface area contributed by atoms with E-state index in [-0.39, 0.29) is 16.7 Å². The summed E-state index contributed by atoms with van der Waals surface area (Å²) in [5, 5.41) is 0. The van der Waals surface area contributed by atoms with Gasteiger partial charge in [-0.3, -0.25) is 9.78 Å². The standard InChI is InChI=1S/C29H27NO2S.2H2O/c31-27(15-12-24-7-6-18-30-20-24)19-23-13-16-28(17-14-23)33-22-32-21-26-10-4-5-11-29(26)25-8-2-1-3-9-25;;/h1-11,13-14,16-18,20H,12,15,19,21-22H2;2*1H2. The number of benzene rings is 3. The Morgan fingerprint density at radius 2 is 1.54 bits per heavy atom. The van der Waals surface area contributed by atoms with E-state index in [1.165, 1.54) is 16.7 Å². The number of aromatic nitrogens is 1. The molecule has 0 unspecified atom stereocenters. The average Bonchev–Trinajstić information content (AvgIpc) is 2.88. The molecule has 0 radical (unpaired) electrons. The van der Waals surface area contributed by atoms with Gasteiger partial charge < -0.3 is 15.7 Å². The van der Waals surface area contributed by atoms with Gasteiger partial charge in [-0.1, -0.05) is 84.6 Å². The van der Waals surface area contributed by atoms with E-state index in [0.29, 0.717) is 25.4 Å². The van der Waals surface area contributed by atoms with E-state index in [1.807, 2.05) is 36.5 Å². The first-order valence-electron chi connectivity index (χ1n) is 11.1. The topological polar surface area (TPSA) is 102 Å². The molecule has 0 aliphatic rings. The van der Waals surface area contributed by atoms with E-state index >= 15 is 0 Å². The number of carbonyl (C=O) groups excluding carboxylic acids is 1. The normalized spacial score (nSPS) is 10.2. The highest BCUT2D eigenvalue weighted by Crippen LogP contribution is 2.25. The molecule has 4 aromatic rings. The summed E-state index contributed by atoms with van der Waals surface area (Å²) >= 11 is 1.66. The van der Waals surface area contributed by atoms with E-state index in [9.17, 15) is 4.79 Å². The van der Waals surface area contributed by atoms with Crippen molar-refractivity contribution in [2.75, 3.05) is 5.94 Å². The van der Waals surface area contributed by atoms with Gasteiger partial charge in [-0.2, -0.15) is 0 Å². The fourth-order valence-corrected chi connectivity index (χ4v) is 4.29. The van der Waals surface area contributed by atoms with Crippen LogP contribution in [0.2, 0.25) is 0 Å². The lowest BCUT2D eigenvalue weighted by Crippen LogP contribution is -2.04. The van der Waals surface area contributed by atoms with Crippen molar-refractivity contribution < 1.29 is 20.5 Å². The highest BCUT2D eigenvalue weighted by Gasteiger charge is 2.06. The molecule has 4 rings (SSSR count). The minimum absolute atomic E-state index is 0. The van der Waals surface area contributed by atoms with Crippen LogP contribution in [0.1, 0.15) is 23.1 Å². The number of ether oxygens (including phenoxy) is 1. The van der Waals surface area contributed by atoms with Crippen molar-refractivity contribution in [3.8, 4) is 11.1 Å². The van der Waals surface area contributed by atoms with Crippen molar-refractivity contribution in [1.29, 1.82) is 0 Å². The predicted octanol–water partition coefficient (Wildman–Crippen LogP) is 5.11. The van der Waals surface area contributed by atoms with E-state index in [2.05, 4.69) is 65.6 Å². The van der Waals surface area contributed by atoms with Crippen LogP contribution in [0, 0.1) is 0 Å². The number of hydrogen-bond donors (Lipinski definition) is 0. The molecule has 182 valence electrons. The summed E-state index contributed by atoms with van der Waals surface area (Å²) in [4.78, 5) is 17.5. The molecule has 0 aliphatic heterocycles. The van der Waals surface area contributed by atoms with Crippen LogP contribution in [-0.4, -0.2) is 27.7 Å². The van der Waals surface area contributed by atoms with Crippen molar-refractivity contribution in [3.05, 3.63) is 120 Å². The molecule has 0 saturated heterocycles. The van der Waals surface area contributed by atoms with Gasteiger partial charge in [-0.25, -0.2) is 0 Å². The van der Waals surface area contributed by atoms with Crippen LogP contribution in [0.4, 0.5) is 0 Å². The SMILES string of the molecule is O.O.O=C(CCc1cccnc1)Cc1ccc(SCOCc2ccccc2-c2ccccc2)cc1. The van der Waals surface area contributed by atoms with E-state index < -0.39 is 0 Å². The monoisotopic (exact) mass is 489 g/mol. The van der Waals surface area contributed by atoms with Crippen LogP contribution in [0.5, 0.6) is 0 Å². The lowest BCUT2D eigenvalue weighted by Gasteiger charge is -2.10. The Morgan fingerprint density at radius 1 is 0.800 bits per heavy atom. The van der Waals surface area contributed by atoms with Crippen molar-refractivity contribution in [3.63, 3.8) is 0 Å². The van der Waals surface area contributed by atoms with Crippen LogP contribution in [0.3, 0.4) is 0 Å². The number of aryl methyl sites for hydroxylation is 1.